The van der Waals surface area contributed by atoms with Crippen molar-refractivity contribution in [2.75, 3.05) is 11.1 Å². The maximum atomic E-state index is 12.1. The van der Waals surface area contributed by atoms with Gasteiger partial charge in [-0.05, 0) is 37.5 Å². The van der Waals surface area contributed by atoms with Crippen LogP contribution in [0.25, 0.3) is 10.2 Å². The Balaban J connectivity index is 1.74. The van der Waals surface area contributed by atoms with Gasteiger partial charge in [-0.2, -0.15) is 0 Å². The molecule has 0 spiro atoms. The predicted molar refractivity (Wildman–Crippen MR) is 96.4 cm³/mol. The third-order valence-corrected chi connectivity index (χ3v) is 7.45. The van der Waals surface area contributed by atoms with Crippen molar-refractivity contribution in [1.82, 2.24) is 10.3 Å². The zero-order chi connectivity index (χ0) is 17.2. The fourth-order valence-electron chi connectivity index (χ4n) is 2.89. The molecule has 130 valence electrons. The van der Waals surface area contributed by atoms with Crippen LogP contribution < -0.4 is 10.6 Å². The predicted octanol–water partition coefficient (Wildman–Crippen LogP) is 3.54. The summed E-state index contributed by atoms with van der Waals surface area (Å²) in [5.41, 5.74) is 1.28. The molecule has 1 fully saturated rings. The van der Waals surface area contributed by atoms with E-state index >= 15 is 0 Å². The van der Waals surface area contributed by atoms with Crippen LogP contribution >= 0.6 is 11.3 Å². The molecule has 2 amide bonds. The van der Waals surface area contributed by atoms with E-state index in [-0.39, 0.29) is 22.2 Å². The van der Waals surface area contributed by atoms with E-state index in [1.165, 1.54) is 0 Å². The highest BCUT2D eigenvalue weighted by atomic mass is 32.2. The number of rotatable bonds is 5. The summed E-state index contributed by atoms with van der Waals surface area (Å²) >= 11 is 1.15. The van der Waals surface area contributed by atoms with Crippen LogP contribution in [0.4, 0.5) is 10.5 Å². The van der Waals surface area contributed by atoms with Gasteiger partial charge >= 0.3 is 6.03 Å². The number of nitrogens with zero attached hydrogens (tertiary/aromatic N) is 1. The Morgan fingerprint density at radius 1 is 1.33 bits per heavy atom. The molecule has 0 aliphatic heterocycles. The van der Waals surface area contributed by atoms with Crippen LogP contribution in [0, 0.1) is 0 Å². The Morgan fingerprint density at radius 3 is 2.79 bits per heavy atom. The molecule has 0 bridgehead atoms. The zero-order valence-corrected chi connectivity index (χ0v) is 15.2. The number of sulfone groups is 1. The second-order valence-electron chi connectivity index (χ2n) is 6.06. The number of amides is 2. The summed E-state index contributed by atoms with van der Waals surface area (Å²) in [6, 6.07) is 5.29. The highest BCUT2D eigenvalue weighted by molar-refractivity contribution is 7.93. The second-order valence-corrected chi connectivity index (χ2v) is 9.37. The number of carbonyl (C=O) groups is 1. The van der Waals surface area contributed by atoms with E-state index in [0.29, 0.717) is 17.6 Å². The van der Waals surface area contributed by atoms with Gasteiger partial charge in [-0.3, -0.25) is 0 Å². The fourth-order valence-corrected chi connectivity index (χ4v) is 5.61. The minimum absolute atomic E-state index is 0.0989. The van der Waals surface area contributed by atoms with Crippen molar-refractivity contribution < 1.29 is 13.2 Å². The highest BCUT2D eigenvalue weighted by Crippen LogP contribution is 2.29. The van der Waals surface area contributed by atoms with Crippen molar-refractivity contribution in [2.24, 2.45) is 0 Å². The average molecular weight is 367 g/mol. The molecule has 8 heteroatoms. The monoisotopic (exact) mass is 367 g/mol. The van der Waals surface area contributed by atoms with Crippen LogP contribution in [0.2, 0.25) is 0 Å². The Labute approximate surface area is 145 Å². The van der Waals surface area contributed by atoms with Crippen LogP contribution in [0.1, 0.15) is 39.0 Å². The lowest BCUT2D eigenvalue weighted by Crippen LogP contribution is -2.36. The van der Waals surface area contributed by atoms with Crippen LogP contribution in [0.15, 0.2) is 22.5 Å². The maximum Gasteiger partial charge on any atom is 0.319 e. The summed E-state index contributed by atoms with van der Waals surface area (Å²) in [6.45, 7) is 1.83. The van der Waals surface area contributed by atoms with Gasteiger partial charge in [0, 0.05) is 11.7 Å². The van der Waals surface area contributed by atoms with Crippen molar-refractivity contribution in [2.45, 2.75) is 49.4 Å². The van der Waals surface area contributed by atoms with E-state index in [2.05, 4.69) is 15.6 Å². The first-order chi connectivity index (χ1) is 11.5. The SMILES string of the molecule is CCCS(=O)(=O)c1nc2ccc(NC(=O)NC3CCCC3)cc2s1. The second kappa shape index (κ2) is 7.06. The smallest absolute Gasteiger partial charge is 0.319 e. The van der Waals surface area contributed by atoms with E-state index in [1.807, 2.05) is 6.92 Å². The van der Waals surface area contributed by atoms with Gasteiger partial charge in [0.15, 0.2) is 0 Å². The third kappa shape index (κ3) is 3.87. The lowest BCUT2D eigenvalue weighted by atomic mass is 10.2. The molecule has 1 aromatic heterocycles. The molecule has 6 nitrogen and oxygen atoms in total. The lowest BCUT2D eigenvalue weighted by molar-refractivity contribution is 0.248. The van der Waals surface area contributed by atoms with E-state index in [9.17, 15) is 13.2 Å². The van der Waals surface area contributed by atoms with Crippen molar-refractivity contribution >= 4 is 43.1 Å². The summed E-state index contributed by atoms with van der Waals surface area (Å²) in [7, 11) is -3.32. The van der Waals surface area contributed by atoms with Crippen LogP contribution in [-0.4, -0.2) is 31.2 Å². The van der Waals surface area contributed by atoms with E-state index in [0.717, 1.165) is 41.7 Å². The van der Waals surface area contributed by atoms with Crippen molar-refractivity contribution in [1.29, 1.82) is 0 Å². The van der Waals surface area contributed by atoms with Gasteiger partial charge in [0.1, 0.15) is 0 Å². The molecular formula is C16H21N3O3S2. The van der Waals surface area contributed by atoms with E-state index in [4.69, 9.17) is 0 Å². The van der Waals surface area contributed by atoms with Crippen molar-refractivity contribution in [3.63, 3.8) is 0 Å². The standard InChI is InChI=1S/C16H21N3O3S2/c1-2-9-24(21,22)16-19-13-8-7-12(10-14(13)23-16)18-15(20)17-11-5-3-4-6-11/h7-8,10-11H,2-6,9H2,1H3,(H2,17,18,20). The molecule has 2 N–H and O–H groups in total. The number of hydrogen-bond acceptors (Lipinski definition) is 5. The number of anilines is 1. The van der Waals surface area contributed by atoms with Gasteiger partial charge in [-0.15, -0.1) is 11.3 Å². The number of nitrogens with one attached hydrogen (secondary N) is 2. The number of hydrogen-bond donors (Lipinski definition) is 2. The van der Waals surface area contributed by atoms with Gasteiger partial charge < -0.3 is 10.6 Å². The number of fused-ring (bicyclic) bond motifs is 1. The molecule has 3 rings (SSSR count). The third-order valence-electron chi connectivity index (χ3n) is 4.06. The molecule has 2 aromatic rings. The molecule has 1 heterocycles. The Morgan fingerprint density at radius 2 is 2.08 bits per heavy atom. The lowest BCUT2D eigenvalue weighted by Gasteiger charge is -2.12. The first-order valence-corrected chi connectivity index (χ1v) is 10.7. The summed E-state index contributed by atoms with van der Waals surface area (Å²) in [5, 5.41) is 5.78. The summed E-state index contributed by atoms with van der Waals surface area (Å²) in [4.78, 5) is 16.2. The van der Waals surface area contributed by atoms with E-state index < -0.39 is 9.84 Å². The number of carbonyl (C=O) groups excluding carboxylic acids is 1. The number of urea groups is 1. The van der Waals surface area contributed by atoms with Crippen molar-refractivity contribution in [3.05, 3.63) is 18.2 Å². The van der Waals surface area contributed by atoms with Crippen LogP contribution in [0.5, 0.6) is 0 Å². The molecule has 0 radical (unpaired) electrons. The topological polar surface area (TPSA) is 88.2 Å². The molecule has 0 unspecified atom stereocenters. The van der Waals surface area contributed by atoms with Gasteiger partial charge in [0.25, 0.3) is 0 Å². The first kappa shape index (κ1) is 17.2. The average Bonchev–Trinajstić information content (AvgIpc) is 3.16. The molecule has 24 heavy (non-hydrogen) atoms. The van der Waals surface area contributed by atoms with Gasteiger partial charge in [-0.25, -0.2) is 18.2 Å². The minimum atomic E-state index is -3.32. The Hall–Kier alpha value is -1.67. The Kier molecular flexibility index (Phi) is 5.05. The van der Waals surface area contributed by atoms with E-state index in [1.54, 1.807) is 18.2 Å². The van der Waals surface area contributed by atoms with Gasteiger partial charge in [0.05, 0.1) is 16.0 Å². The van der Waals surface area contributed by atoms with Gasteiger partial charge in [-0.1, -0.05) is 19.8 Å². The van der Waals surface area contributed by atoms with Gasteiger partial charge in [0.2, 0.25) is 14.2 Å². The fraction of sp³-hybridized carbons (Fsp3) is 0.500. The minimum Gasteiger partial charge on any atom is -0.335 e. The summed E-state index contributed by atoms with van der Waals surface area (Å²) in [6.07, 6.45) is 4.94. The summed E-state index contributed by atoms with van der Waals surface area (Å²) < 4.78 is 25.2. The van der Waals surface area contributed by atoms with Crippen molar-refractivity contribution in [3.8, 4) is 0 Å². The van der Waals surface area contributed by atoms with Crippen LogP contribution in [-0.2, 0) is 9.84 Å². The molecule has 1 aliphatic rings. The summed E-state index contributed by atoms with van der Waals surface area (Å²) in [5.74, 6) is 0.0989. The quantitative estimate of drug-likeness (QED) is 0.846. The van der Waals surface area contributed by atoms with Crippen LogP contribution in [0.3, 0.4) is 0 Å². The molecule has 0 atom stereocenters. The normalized spacial score (nSPS) is 15.7. The number of thiazole rings is 1. The number of benzene rings is 1. The largest absolute Gasteiger partial charge is 0.335 e. The molecule has 1 saturated carbocycles. The Bertz CT molecular complexity index is 839. The molecule has 0 saturated heterocycles. The molecule has 1 aromatic carbocycles. The molecular weight excluding hydrogens is 346 g/mol. The maximum absolute atomic E-state index is 12.1. The highest BCUT2D eigenvalue weighted by Gasteiger charge is 2.19. The number of aromatic nitrogens is 1. The zero-order valence-electron chi connectivity index (χ0n) is 13.5. The molecule has 1 aliphatic carbocycles. The first-order valence-electron chi connectivity index (χ1n) is 8.19.